The van der Waals surface area contributed by atoms with E-state index in [1.54, 1.807) is 24.3 Å². The summed E-state index contributed by atoms with van der Waals surface area (Å²) < 4.78 is 0. The second-order valence-corrected chi connectivity index (χ2v) is 11.4. The van der Waals surface area contributed by atoms with Gasteiger partial charge in [0, 0.05) is 21.9 Å². The van der Waals surface area contributed by atoms with Crippen molar-refractivity contribution in [3.05, 3.63) is 54.1 Å². The minimum Gasteiger partial charge on any atom is -0.508 e. The first-order valence-corrected chi connectivity index (χ1v) is 15.5. The summed E-state index contributed by atoms with van der Waals surface area (Å²) in [6, 6.07) is 13.4. The summed E-state index contributed by atoms with van der Waals surface area (Å²) in [7, 11) is 0. The number of phenolic OH excluding ortho intramolecular Hbond substituents is 1. The van der Waals surface area contributed by atoms with Crippen molar-refractivity contribution in [2.45, 2.75) is 119 Å². The fraction of sp³-hybridized carbons (Fsp3) is 0.562. The highest BCUT2D eigenvalue weighted by Crippen LogP contribution is 2.29. The molecule has 38 heavy (non-hydrogen) atoms. The van der Waals surface area contributed by atoms with E-state index in [1.807, 2.05) is 24.3 Å². The standard InChI is InChI=1S/C32H48N2O3S/c1-2-3-4-5-6-7-8-9-10-11-12-13-14-15-16-17-26-34(32(33)37)31(36)27-18-22-29(23-19-27)38-30-24-20-28(35)21-25-30/h18-25,35H,2-17,26H2,1H3,(H2,33,37). The lowest BCUT2D eigenvalue weighted by molar-refractivity contribution is 0.0805. The molecule has 0 fully saturated rings. The minimum absolute atomic E-state index is 0.228. The molecular formula is C32H48N2O3S. The second-order valence-electron chi connectivity index (χ2n) is 10.2. The van der Waals surface area contributed by atoms with E-state index in [0.29, 0.717) is 12.1 Å². The summed E-state index contributed by atoms with van der Waals surface area (Å²) in [4.78, 5) is 27.9. The number of rotatable bonds is 20. The van der Waals surface area contributed by atoms with Crippen LogP contribution in [0.25, 0.3) is 0 Å². The van der Waals surface area contributed by atoms with Gasteiger partial charge in [-0.25, -0.2) is 4.79 Å². The van der Waals surface area contributed by atoms with Crippen LogP contribution in [0.3, 0.4) is 0 Å². The van der Waals surface area contributed by atoms with Gasteiger partial charge in [-0.3, -0.25) is 9.69 Å². The molecule has 3 N–H and O–H groups in total. The van der Waals surface area contributed by atoms with Gasteiger partial charge in [-0.2, -0.15) is 0 Å². The lowest BCUT2D eigenvalue weighted by Gasteiger charge is -2.18. The lowest BCUT2D eigenvalue weighted by atomic mass is 10.0. The number of carbonyl (C=O) groups is 2. The van der Waals surface area contributed by atoms with E-state index in [0.717, 1.165) is 34.0 Å². The van der Waals surface area contributed by atoms with Gasteiger partial charge in [0.1, 0.15) is 5.75 Å². The monoisotopic (exact) mass is 540 g/mol. The number of nitrogens with zero attached hydrogens (tertiary/aromatic N) is 1. The first kappa shape index (κ1) is 31.7. The summed E-state index contributed by atoms with van der Waals surface area (Å²) in [5, 5.41) is 9.42. The molecule has 0 atom stereocenters. The predicted octanol–water partition coefficient (Wildman–Crippen LogP) is 9.33. The van der Waals surface area contributed by atoms with Crippen LogP contribution in [0.1, 0.15) is 120 Å². The van der Waals surface area contributed by atoms with Crippen LogP contribution >= 0.6 is 11.8 Å². The van der Waals surface area contributed by atoms with Gasteiger partial charge in [0.05, 0.1) is 0 Å². The first-order valence-electron chi connectivity index (χ1n) is 14.7. The van der Waals surface area contributed by atoms with Crippen LogP contribution < -0.4 is 5.73 Å². The van der Waals surface area contributed by atoms with Gasteiger partial charge in [0.2, 0.25) is 0 Å². The Morgan fingerprint density at radius 1 is 0.658 bits per heavy atom. The van der Waals surface area contributed by atoms with E-state index in [1.165, 1.54) is 95.2 Å². The third-order valence-electron chi connectivity index (χ3n) is 6.92. The van der Waals surface area contributed by atoms with E-state index >= 15 is 0 Å². The van der Waals surface area contributed by atoms with E-state index in [-0.39, 0.29) is 11.7 Å². The Labute approximate surface area is 234 Å². The number of amides is 3. The molecule has 0 heterocycles. The average Bonchev–Trinajstić information content (AvgIpc) is 2.91. The van der Waals surface area contributed by atoms with Gasteiger partial charge >= 0.3 is 6.03 Å². The summed E-state index contributed by atoms with van der Waals surface area (Å²) in [5.74, 6) is -0.120. The normalized spacial score (nSPS) is 11.0. The van der Waals surface area contributed by atoms with Crippen molar-refractivity contribution in [3.63, 3.8) is 0 Å². The van der Waals surface area contributed by atoms with Crippen molar-refractivity contribution >= 4 is 23.7 Å². The summed E-state index contributed by atoms with van der Waals surface area (Å²) in [6.45, 7) is 2.63. The molecule has 6 heteroatoms. The maximum atomic E-state index is 12.9. The topological polar surface area (TPSA) is 83.6 Å². The van der Waals surface area contributed by atoms with Crippen LogP contribution in [0.15, 0.2) is 58.3 Å². The molecule has 2 aromatic carbocycles. The second kappa shape index (κ2) is 19.6. The van der Waals surface area contributed by atoms with Crippen LogP contribution in [0, 0.1) is 0 Å². The SMILES string of the molecule is CCCCCCCCCCCCCCCCCCN(C(N)=O)C(=O)c1ccc(Sc2ccc(O)cc2)cc1. The molecule has 3 amide bonds. The number of carbonyl (C=O) groups excluding carboxylic acids is 2. The van der Waals surface area contributed by atoms with Crippen molar-refractivity contribution in [1.82, 2.24) is 4.90 Å². The van der Waals surface area contributed by atoms with Gasteiger partial charge in [-0.15, -0.1) is 0 Å². The molecule has 0 unspecified atom stereocenters. The predicted molar refractivity (Wildman–Crippen MR) is 159 cm³/mol. The zero-order valence-electron chi connectivity index (χ0n) is 23.3. The Hall–Kier alpha value is -2.47. The van der Waals surface area contributed by atoms with Crippen LogP contribution in [-0.2, 0) is 0 Å². The molecule has 210 valence electrons. The van der Waals surface area contributed by atoms with Gasteiger partial charge in [-0.05, 0) is 55.0 Å². The number of hydrogen-bond acceptors (Lipinski definition) is 4. The Bertz CT molecular complexity index is 915. The van der Waals surface area contributed by atoms with Crippen LogP contribution in [0.4, 0.5) is 4.79 Å². The molecular weight excluding hydrogens is 492 g/mol. The number of urea groups is 1. The zero-order chi connectivity index (χ0) is 27.4. The van der Waals surface area contributed by atoms with Crippen LogP contribution in [-0.4, -0.2) is 28.5 Å². The van der Waals surface area contributed by atoms with Gasteiger partial charge in [0.25, 0.3) is 5.91 Å². The van der Waals surface area contributed by atoms with Crippen molar-refractivity contribution in [3.8, 4) is 5.75 Å². The number of primary amides is 1. The summed E-state index contributed by atoms with van der Waals surface area (Å²) >= 11 is 1.54. The molecule has 0 bridgehead atoms. The molecule has 0 aromatic heterocycles. The smallest absolute Gasteiger partial charge is 0.321 e. The Balaban J connectivity index is 1.56. The van der Waals surface area contributed by atoms with Crippen LogP contribution in [0.2, 0.25) is 0 Å². The molecule has 0 aliphatic rings. The molecule has 2 rings (SSSR count). The summed E-state index contributed by atoms with van der Waals surface area (Å²) in [5.41, 5.74) is 5.98. The van der Waals surface area contributed by atoms with Crippen molar-refractivity contribution in [2.75, 3.05) is 6.54 Å². The number of hydrogen-bond donors (Lipinski definition) is 2. The molecule has 0 aliphatic carbocycles. The number of nitrogens with two attached hydrogens (primary N) is 1. The third kappa shape index (κ3) is 13.4. The average molecular weight is 541 g/mol. The molecule has 0 aliphatic heterocycles. The Kier molecular flexibility index (Phi) is 16.4. The quantitative estimate of drug-likeness (QED) is 0.164. The highest BCUT2D eigenvalue weighted by Gasteiger charge is 2.20. The van der Waals surface area contributed by atoms with E-state index in [9.17, 15) is 14.7 Å². The molecule has 0 radical (unpaired) electrons. The van der Waals surface area contributed by atoms with Gasteiger partial charge in [0.15, 0.2) is 0 Å². The van der Waals surface area contributed by atoms with Gasteiger partial charge in [-0.1, -0.05) is 115 Å². The number of unbranched alkanes of at least 4 members (excludes halogenated alkanes) is 15. The molecule has 0 saturated heterocycles. The number of imide groups is 1. The molecule has 5 nitrogen and oxygen atoms in total. The highest BCUT2D eigenvalue weighted by atomic mass is 32.2. The maximum Gasteiger partial charge on any atom is 0.321 e. The maximum absolute atomic E-state index is 12.9. The first-order chi connectivity index (χ1) is 18.5. The number of phenols is 1. The van der Waals surface area contributed by atoms with Crippen molar-refractivity contribution in [1.29, 1.82) is 0 Å². The number of aromatic hydroxyl groups is 1. The fourth-order valence-corrected chi connectivity index (χ4v) is 5.42. The van der Waals surface area contributed by atoms with E-state index in [2.05, 4.69) is 6.92 Å². The Morgan fingerprint density at radius 2 is 1.05 bits per heavy atom. The highest BCUT2D eigenvalue weighted by molar-refractivity contribution is 7.99. The van der Waals surface area contributed by atoms with E-state index < -0.39 is 6.03 Å². The Morgan fingerprint density at radius 3 is 1.47 bits per heavy atom. The fourth-order valence-electron chi connectivity index (χ4n) is 4.60. The van der Waals surface area contributed by atoms with E-state index in [4.69, 9.17) is 5.73 Å². The zero-order valence-corrected chi connectivity index (χ0v) is 24.2. The van der Waals surface area contributed by atoms with Gasteiger partial charge < -0.3 is 10.8 Å². The van der Waals surface area contributed by atoms with Crippen LogP contribution in [0.5, 0.6) is 5.75 Å². The molecule has 0 spiro atoms. The van der Waals surface area contributed by atoms with Crippen molar-refractivity contribution < 1.29 is 14.7 Å². The molecule has 0 saturated carbocycles. The minimum atomic E-state index is -0.696. The lowest BCUT2D eigenvalue weighted by Crippen LogP contribution is -2.41. The van der Waals surface area contributed by atoms with Crippen molar-refractivity contribution in [2.24, 2.45) is 5.73 Å². The summed E-state index contributed by atoms with van der Waals surface area (Å²) in [6.07, 6.45) is 20.5. The third-order valence-corrected chi connectivity index (χ3v) is 7.94. The number of benzene rings is 2. The molecule has 2 aromatic rings. The largest absolute Gasteiger partial charge is 0.508 e.